The molecule has 4 nitrogen and oxygen atoms in total. The highest BCUT2D eigenvalue weighted by atomic mass is 79.9. The fourth-order valence-corrected chi connectivity index (χ4v) is 3.06. The van der Waals surface area contributed by atoms with Gasteiger partial charge in [0.2, 0.25) is 0 Å². The van der Waals surface area contributed by atoms with Crippen molar-refractivity contribution < 1.29 is 14.6 Å². The maximum absolute atomic E-state index is 10.4. The van der Waals surface area contributed by atoms with Crippen LogP contribution in [0.1, 0.15) is 24.5 Å². The number of nitrogens with one attached hydrogen (secondary N) is 1. The van der Waals surface area contributed by atoms with Crippen LogP contribution in [-0.2, 0) is 0 Å². The molecular weight excluding hydrogens is 298 g/mol. The molecule has 0 aliphatic carbocycles. The first-order chi connectivity index (χ1) is 8.75. The summed E-state index contributed by atoms with van der Waals surface area (Å²) < 4.78 is 11.9. The van der Waals surface area contributed by atoms with Crippen molar-refractivity contribution in [2.75, 3.05) is 19.8 Å². The van der Waals surface area contributed by atoms with E-state index >= 15 is 0 Å². The van der Waals surface area contributed by atoms with Crippen molar-refractivity contribution in [1.82, 2.24) is 5.32 Å². The summed E-state index contributed by atoms with van der Waals surface area (Å²) in [5, 5.41) is 13.7. The van der Waals surface area contributed by atoms with Crippen LogP contribution in [0.5, 0.6) is 11.5 Å². The van der Waals surface area contributed by atoms with Crippen molar-refractivity contribution in [3.05, 3.63) is 22.2 Å². The topological polar surface area (TPSA) is 50.7 Å². The third kappa shape index (κ3) is 2.22. The third-order valence-electron chi connectivity index (χ3n) is 3.46. The molecule has 98 valence electrons. The van der Waals surface area contributed by atoms with Gasteiger partial charge >= 0.3 is 0 Å². The number of rotatable bonds is 2. The SMILES string of the molecule is OC(c1cc2c(cc1Br)OCCO2)C1CCCN1. The minimum atomic E-state index is -0.516. The quantitative estimate of drug-likeness (QED) is 0.877. The number of benzene rings is 1. The molecular formula is C13H16BrNO3. The van der Waals surface area contributed by atoms with Gasteiger partial charge in [0.25, 0.3) is 0 Å². The van der Waals surface area contributed by atoms with E-state index in [1.165, 1.54) is 0 Å². The van der Waals surface area contributed by atoms with E-state index in [9.17, 15) is 5.11 Å². The Hall–Kier alpha value is -0.780. The van der Waals surface area contributed by atoms with Gasteiger partial charge in [0.05, 0.1) is 6.10 Å². The Morgan fingerprint density at radius 3 is 2.67 bits per heavy atom. The van der Waals surface area contributed by atoms with Crippen molar-refractivity contribution in [3.63, 3.8) is 0 Å². The Morgan fingerprint density at radius 2 is 2.00 bits per heavy atom. The van der Waals surface area contributed by atoms with Crippen molar-refractivity contribution in [1.29, 1.82) is 0 Å². The van der Waals surface area contributed by atoms with Crippen molar-refractivity contribution in [2.24, 2.45) is 0 Å². The van der Waals surface area contributed by atoms with Crippen LogP contribution >= 0.6 is 15.9 Å². The lowest BCUT2D eigenvalue weighted by Crippen LogP contribution is -2.29. The molecule has 0 amide bonds. The second kappa shape index (κ2) is 5.07. The van der Waals surface area contributed by atoms with Crippen LogP contribution in [0.25, 0.3) is 0 Å². The molecule has 0 saturated carbocycles. The lowest BCUT2D eigenvalue weighted by molar-refractivity contribution is 0.134. The monoisotopic (exact) mass is 313 g/mol. The molecule has 1 fully saturated rings. The number of fused-ring (bicyclic) bond motifs is 1. The van der Waals surface area contributed by atoms with Crippen molar-refractivity contribution >= 4 is 15.9 Å². The summed E-state index contributed by atoms with van der Waals surface area (Å²) in [6, 6.07) is 3.88. The minimum Gasteiger partial charge on any atom is -0.486 e. The summed E-state index contributed by atoms with van der Waals surface area (Å²) in [4.78, 5) is 0. The van der Waals surface area contributed by atoms with Crippen molar-refractivity contribution in [2.45, 2.75) is 25.0 Å². The van der Waals surface area contributed by atoms with Crippen LogP contribution in [0.15, 0.2) is 16.6 Å². The first-order valence-corrected chi connectivity index (χ1v) is 7.05. The van der Waals surface area contributed by atoms with E-state index in [0.29, 0.717) is 13.2 Å². The van der Waals surface area contributed by atoms with E-state index in [1.807, 2.05) is 12.1 Å². The van der Waals surface area contributed by atoms with E-state index in [1.54, 1.807) is 0 Å². The first kappa shape index (κ1) is 12.3. The average Bonchev–Trinajstić information content (AvgIpc) is 2.91. The zero-order valence-corrected chi connectivity index (χ0v) is 11.6. The summed E-state index contributed by atoms with van der Waals surface area (Å²) in [5.74, 6) is 1.46. The number of aliphatic hydroxyl groups is 1. The molecule has 1 saturated heterocycles. The number of halogens is 1. The van der Waals surface area contributed by atoms with Gasteiger partial charge < -0.3 is 19.9 Å². The summed E-state index contributed by atoms with van der Waals surface area (Å²) in [6.07, 6.45) is 1.60. The highest BCUT2D eigenvalue weighted by Gasteiger charge is 2.27. The molecule has 2 atom stereocenters. The van der Waals surface area contributed by atoms with Crippen LogP contribution in [0.3, 0.4) is 0 Å². The molecule has 0 radical (unpaired) electrons. The van der Waals surface area contributed by atoms with Crippen LogP contribution in [0.2, 0.25) is 0 Å². The number of hydrogen-bond acceptors (Lipinski definition) is 4. The Morgan fingerprint density at radius 1 is 1.28 bits per heavy atom. The molecule has 2 N–H and O–H groups in total. The number of ether oxygens (including phenoxy) is 2. The molecule has 5 heteroatoms. The Kier molecular flexibility index (Phi) is 3.46. The first-order valence-electron chi connectivity index (χ1n) is 6.26. The van der Waals surface area contributed by atoms with Gasteiger partial charge in [-0.15, -0.1) is 0 Å². The largest absolute Gasteiger partial charge is 0.486 e. The summed E-state index contributed by atoms with van der Waals surface area (Å²) in [7, 11) is 0. The lowest BCUT2D eigenvalue weighted by atomic mass is 10.0. The maximum Gasteiger partial charge on any atom is 0.162 e. The predicted octanol–water partition coefficient (Wildman–Crippen LogP) is 2.01. The van der Waals surface area contributed by atoms with E-state index in [2.05, 4.69) is 21.2 Å². The van der Waals surface area contributed by atoms with Crippen LogP contribution < -0.4 is 14.8 Å². The average molecular weight is 314 g/mol. The summed E-state index contributed by atoms with van der Waals surface area (Å²) >= 11 is 3.50. The molecule has 18 heavy (non-hydrogen) atoms. The highest BCUT2D eigenvalue weighted by Crippen LogP contribution is 2.39. The van der Waals surface area contributed by atoms with Crippen molar-refractivity contribution in [3.8, 4) is 11.5 Å². The molecule has 1 aromatic rings. The minimum absolute atomic E-state index is 0.129. The van der Waals surface area contributed by atoms with E-state index < -0.39 is 6.10 Å². The van der Waals surface area contributed by atoms with Gasteiger partial charge in [-0.05, 0) is 31.5 Å². The zero-order chi connectivity index (χ0) is 12.5. The molecule has 2 aliphatic rings. The fraction of sp³-hybridized carbons (Fsp3) is 0.538. The molecule has 2 aliphatic heterocycles. The number of hydrogen-bond donors (Lipinski definition) is 2. The third-order valence-corrected chi connectivity index (χ3v) is 4.15. The van der Waals surface area contributed by atoms with Gasteiger partial charge in [-0.2, -0.15) is 0 Å². The predicted molar refractivity (Wildman–Crippen MR) is 71.1 cm³/mol. The van der Waals surface area contributed by atoms with Crippen LogP contribution in [-0.4, -0.2) is 30.9 Å². The van der Waals surface area contributed by atoms with Crippen LogP contribution in [0, 0.1) is 0 Å². The lowest BCUT2D eigenvalue weighted by Gasteiger charge is -2.24. The van der Waals surface area contributed by atoms with Gasteiger partial charge in [-0.25, -0.2) is 0 Å². The summed E-state index contributed by atoms with van der Waals surface area (Å²) in [5.41, 5.74) is 0.860. The molecule has 2 unspecified atom stereocenters. The Labute approximate surface area is 114 Å². The molecule has 0 spiro atoms. The van der Waals surface area contributed by atoms with Gasteiger partial charge in [-0.3, -0.25) is 0 Å². The molecule has 3 rings (SSSR count). The standard InChI is InChI=1S/C13H16BrNO3/c14-9-7-12-11(17-4-5-18-12)6-8(9)13(16)10-2-1-3-15-10/h6-7,10,13,15-16H,1-5H2. The second-order valence-corrected chi connectivity index (χ2v) is 5.52. The van der Waals surface area contributed by atoms with Gasteiger partial charge in [-0.1, -0.05) is 15.9 Å². The van der Waals surface area contributed by atoms with Gasteiger partial charge in [0.15, 0.2) is 11.5 Å². The Balaban J connectivity index is 1.90. The highest BCUT2D eigenvalue weighted by molar-refractivity contribution is 9.10. The smallest absolute Gasteiger partial charge is 0.162 e. The molecule has 0 bridgehead atoms. The van der Waals surface area contributed by atoms with E-state index in [-0.39, 0.29) is 6.04 Å². The van der Waals surface area contributed by atoms with Gasteiger partial charge in [0.1, 0.15) is 13.2 Å². The second-order valence-electron chi connectivity index (χ2n) is 4.67. The maximum atomic E-state index is 10.4. The number of aliphatic hydroxyl groups excluding tert-OH is 1. The Bertz CT molecular complexity index is 446. The zero-order valence-electron chi connectivity index (χ0n) is 9.99. The molecule has 2 heterocycles. The molecule has 0 aromatic heterocycles. The normalized spacial score (nSPS) is 24.0. The van der Waals surface area contributed by atoms with Gasteiger partial charge in [0, 0.05) is 16.1 Å². The van der Waals surface area contributed by atoms with Crippen LogP contribution in [0.4, 0.5) is 0 Å². The fourth-order valence-electron chi connectivity index (χ4n) is 2.50. The molecule has 1 aromatic carbocycles. The van der Waals surface area contributed by atoms with E-state index in [0.717, 1.165) is 40.9 Å². The van der Waals surface area contributed by atoms with E-state index in [4.69, 9.17) is 9.47 Å². The summed E-state index contributed by atoms with van der Waals surface area (Å²) in [6.45, 7) is 2.11.